The van der Waals surface area contributed by atoms with Gasteiger partial charge in [0.15, 0.2) is 0 Å². The van der Waals surface area contributed by atoms with Crippen LogP contribution >= 0.6 is 11.3 Å². The van der Waals surface area contributed by atoms with Crippen molar-refractivity contribution in [2.45, 2.75) is 19.4 Å². The van der Waals surface area contributed by atoms with Crippen LogP contribution in [0.2, 0.25) is 0 Å². The first-order chi connectivity index (χ1) is 11.1. The van der Waals surface area contributed by atoms with Crippen molar-refractivity contribution in [1.82, 2.24) is 15.1 Å². The highest BCUT2D eigenvalue weighted by atomic mass is 32.1. The van der Waals surface area contributed by atoms with Crippen LogP contribution in [0.25, 0.3) is 0 Å². The highest BCUT2D eigenvalue weighted by molar-refractivity contribution is 7.15. The SMILES string of the molecule is O=C(Nc1nnc(CN2C(=O)c3ccccc3C2=O)s1)C1CC1. The van der Waals surface area contributed by atoms with Gasteiger partial charge in [-0.25, -0.2) is 0 Å². The second-order valence-electron chi connectivity index (χ2n) is 5.51. The minimum absolute atomic E-state index is 0.0477. The van der Waals surface area contributed by atoms with E-state index in [9.17, 15) is 14.4 Å². The highest BCUT2D eigenvalue weighted by Gasteiger charge is 2.36. The van der Waals surface area contributed by atoms with Gasteiger partial charge in [0.1, 0.15) is 5.01 Å². The maximum atomic E-state index is 12.3. The molecule has 1 fully saturated rings. The number of nitrogens with one attached hydrogen (secondary N) is 1. The highest BCUT2D eigenvalue weighted by Crippen LogP contribution is 2.31. The van der Waals surface area contributed by atoms with Gasteiger partial charge in [0.25, 0.3) is 11.8 Å². The van der Waals surface area contributed by atoms with E-state index in [-0.39, 0.29) is 30.2 Å². The molecule has 116 valence electrons. The van der Waals surface area contributed by atoms with Crippen molar-refractivity contribution in [1.29, 1.82) is 0 Å². The second kappa shape index (κ2) is 5.24. The summed E-state index contributed by atoms with van der Waals surface area (Å²) in [7, 11) is 0. The van der Waals surface area contributed by atoms with E-state index in [0.29, 0.717) is 21.3 Å². The number of imide groups is 1. The molecule has 1 aliphatic heterocycles. The number of fused-ring (bicyclic) bond motifs is 1. The van der Waals surface area contributed by atoms with Crippen LogP contribution in [0, 0.1) is 5.92 Å². The molecule has 2 heterocycles. The maximum absolute atomic E-state index is 12.3. The number of anilines is 1. The van der Waals surface area contributed by atoms with Gasteiger partial charge in [-0.2, -0.15) is 0 Å². The van der Waals surface area contributed by atoms with Crippen molar-refractivity contribution >= 4 is 34.2 Å². The van der Waals surface area contributed by atoms with Crippen molar-refractivity contribution in [2.24, 2.45) is 5.92 Å². The molecule has 1 saturated carbocycles. The van der Waals surface area contributed by atoms with Gasteiger partial charge in [-0.15, -0.1) is 10.2 Å². The predicted molar refractivity (Wildman–Crippen MR) is 81.9 cm³/mol. The second-order valence-corrected chi connectivity index (χ2v) is 6.57. The summed E-state index contributed by atoms with van der Waals surface area (Å²) >= 11 is 1.18. The normalized spacial score (nSPS) is 16.6. The van der Waals surface area contributed by atoms with Gasteiger partial charge in [0.2, 0.25) is 11.0 Å². The summed E-state index contributed by atoms with van der Waals surface area (Å²) in [5.41, 5.74) is 0.813. The fourth-order valence-corrected chi connectivity index (χ4v) is 3.17. The van der Waals surface area contributed by atoms with Crippen molar-refractivity contribution in [2.75, 3.05) is 5.32 Å². The Kier molecular flexibility index (Phi) is 3.19. The number of aromatic nitrogens is 2. The largest absolute Gasteiger partial charge is 0.300 e. The fourth-order valence-electron chi connectivity index (χ4n) is 2.44. The van der Waals surface area contributed by atoms with E-state index in [1.807, 2.05) is 0 Å². The Hall–Kier alpha value is -2.61. The number of hydrogen-bond donors (Lipinski definition) is 1. The molecule has 0 atom stereocenters. The first-order valence-corrected chi connectivity index (χ1v) is 8.03. The van der Waals surface area contributed by atoms with Crippen molar-refractivity contribution < 1.29 is 14.4 Å². The average Bonchev–Trinajstić information content (AvgIpc) is 3.28. The van der Waals surface area contributed by atoms with Crippen molar-refractivity contribution in [3.05, 3.63) is 40.4 Å². The quantitative estimate of drug-likeness (QED) is 0.862. The lowest BCUT2D eigenvalue weighted by Crippen LogP contribution is -2.29. The van der Waals surface area contributed by atoms with Crippen LogP contribution in [-0.2, 0) is 11.3 Å². The molecular weight excluding hydrogens is 316 g/mol. The van der Waals surface area contributed by atoms with E-state index in [1.165, 1.54) is 11.3 Å². The first-order valence-electron chi connectivity index (χ1n) is 7.22. The van der Waals surface area contributed by atoms with E-state index in [2.05, 4.69) is 15.5 Å². The first kappa shape index (κ1) is 14.0. The summed E-state index contributed by atoms with van der Waals surface area (Å²) in [6, 6.07) is 6.72. The zero-order valence-corrected chi connectivity index (χ0v) is 12.8. The van der Waals surface area contributed by atoms with Crippen LogP contribution in [0.3, 0.4) is 0 Å². The monoisotopic (exact) mass is 328 g/mol. The molecule has 0 bridgehead atoms. The molecule has 23 heavy (non-hydrogen) atoms. The molecule has 2 aliphatic rings. The predicted octanol–water partition coefficient (Wildman–Crippen LogP) is 1.68. The molecule has 0 spiro atoms. The third-order valence-electron chi connectivity index (χ3n) is 3.82. The van der Waals surface area contributed by atoms with Gasteiger partial charge in [-0.05, 0) is 25.0 Å². The molecule has 1 aliphatic carbocycles. The van der Waals surface area contributed by atoms with Crippen LogP contribution in [0.15, 0.2) is 24.3 Å². The molecular formula is C15H12N4O3S. The molecule has 7 nitrogen and oxygen atoms in total. The number of benzene rings is 1. The molecule has 2 aromatic rings. The van der Waals surface area contributed by atoms with Gasteiger partial charge in [-0.1, -0.05) is 23.5 Å². The maximum Gasteiger partial charge on any atom is 0.261 e. The molecule has 1 aromatic carbocycles. The molecule has 0 radical (unpaired) electrons. The van der Waals surface area contributed by atoms with Crippen LogP contribution in [0.1, 0.15) is 38.6 Å². The lowest BCUT2D eigenvalue weighted by atomic mass is 10.1. The Morgan fingerprint density at radius 1 is 1.17 bits per heavy atom. The zero-order chi connectivity index (χ0) is 16.0. The van der Waals surface area contributed by atoms with Crippen LogP contribution in [-0.4, -0.2) is 32.8 Å². The smallest absolute Gasteiger partial charge is 0.261 e. The van der Waals surface area contributed by atoms with Gasteiger partial charge < -0.3 is 5.32 Å². The van der Waals surface area contributed by atoms with Crippen molar-refractivity contribution in [3.8, 4) is 0 Å². The number of nitrogens with zero attached hydrogens (tertiary/aromatic N) is 3. The Morgan fingerprint density at radius 3 is 2.43 bits per heavy atom. The van der Waals surface area contributed by atoms with Gasteiger partial charge in [-0.3, -0.25) is 19.3 Å². The van der Waals surface area contributed by atoms with Gasteiger partial charge in [0, 0.05) is 5.92 Å². The van der Waals surface area contributed by atoms with Crippen molar-refractivity contribution in [3.63, 3.8) is 0 Å². The minimum Gasteiger partial charge on any atom is -0.300 e. The molecule has 0 saturated heterocycles. The lowest BCUT2D eigenvalue weighted by Gasteiger charge is -2.10. The van der Waals surface area contributed by atoms with E-state index in [1.54, 1.807) is 24.3 Å². The number of amides is 3. The Balaban J connectivity index is 1.49. The summed E-state index contributed by atoms with van der Waals surface area (Å²) in [6.07, 6.45) is 1.82. The van der Waals surface area contributed by atoms with Crippen LogP contribution < -0.4 is 5.32 Å². The number of carbonyl (C=O) groups is 3. The summed E-state index contributed by atoms with van der Waals surface area (Å²) < 4.78 is 0. The third kappa shape index (κ3) is 2.50. The molecule has 1 N–H and O–H groups in total. The molecule has 0 unspecified atom stereocenters. The Labute approximate surface area is 135 Å². The summed E-state index contributed by atoms with van der Waals surface area (Å²) in [4.78, 5) is 37.4. The van der Waals surface area contributed by atoms with Gasteiger partial charge >= 0.3 is 0 Å². The Bertz CT molecular complexity index is 793. The molecule has 8 heteroatoms. The summed E-state index contributed by atoms with van der Waals surface area (Å²) in [5, 5.41) is 11.5. The van der Waals surface area contributed by atoms with E-state index in [0.717, 1.165) is 17.7 Å². The summed E-state index contributed by atoms with van der Waals surface area (Å²) in [6.45, 7) is 0.0588. The average molecular weight is 328 g/mol. The number of carbonyl (C=O) groups excluding carboxylic acids is 3. The zero-order valence-electron chi connectivity index (χ0n) is 12.0. The van der Waals surface area contributed by atoms with E-state index < -0.39 is 0 Å². The lowest BCUT2D eigenvalue weighted by molar-refractivity contribution is -0.117. The number of rotatable bonds is 4. The van der Waals surface area contributed by atoms with E-state index in [4.69, 9.17) is 0 Å². The van der Waals surface area contributed by atoms with E-state index >= 15 is 0 Å². The minimum atomic E-state index is -0.329. The van der Waals surface area contributed by atoms with Crippen LogP contribution in [0.5, 0.6) is 0 Å². The summed E-state index contributed by atoms with van der Waals surface area (Å²) in [5.74, 6) is -0.624. The molecule has 1 aromatic heterocycles. The molecule has 3 amide bonds. The van der Waals surface area contributed by atoms with Gasteiger partial charge in [0.05, 0.1) is 17.7 Å². The number of hydrogen-bond acceptors (Lipinski definition) is 6. The van der Waals surface area contributed by atoms with Crippen LogP contribution in [0.4, 0.5) is 5.13 Å². The topological polar surface area (TPSA) is 92.3 Å². The standard InChI is InChI=1S/C15H12N4O3S/c20-12(8-5-6-8)16-15-18-17-11(23-15)7-19-13(21)9-3-1-2-4-10(9)14(19)22/h1-4,8H,5-7H2,(H,16,18,20). The fraction of sp³-hybridized carbons (Fsp3) is 0.267. The Morgan fingerprint density at radius 2 is 1.83 bits per heavy atom. The third-order valence-corrected chi connectivity index (χ3v) is 4.64. The molecule has 4 rings (SSSR count).